The molecule has 1 aliphatic rings. The van der Waals surface area contributed by atoms with Gasteiger partial charge in [-0.25, -0.2) is 0 Å². The number of hydrogen-bond acceptors (Lipinski definition) is 2. The third kappa shape index (κ3) is 2.29. The molecule has 0 bridgehead atoms. The molecule has 0 spiro atoms. The zero-order valence-corrected chi connectivity index (χ0v) is 13.0. The summed E-state index contributed by atoms with van der Waals surface area (Å²) in [5, 5.41) is 21.0. The maximum atomic E-state index is 10.5. The minimum atomic E-state index is -0.864. The van der Waals surface area contributed by atoms with E-state index in [4.69, 9.17) is 0 Å². The average molecular weight is 282 g/mol. The van der Waals surface area contributed by atoms with Gasteiger partial charge in [0.25, 0.3) is 0 Å². The van der Waals surface area contributed by atoms with Gasteiger partial charge in [0.2, 0.25) is 0 Å². The molecule has 0 aromatic heterocycles. The third-order valence-electron chi connectivity index (χ3n) is 4.35. The lowest BCUT2D eigenvalue weighted by Gasteiger charge is -2.31. The highest BCUT2D eigenvalue weighted by molar-refractivity contribution is 5.75. The largest absolute Gasteiger partial charge is 0.385 e. The summed E-state index contributed by atoms with van der Waals surface area (Å²) in [5.74, 6) is 0. The predicted octanol–water partition coefficient (Wildman–Crippen LogP) is 4.04. The first-order valence-corrected chi connectivity index (χ1v) is 7.40. The van der Waals surface area contributed by atoms with Crippen LogP contribution in [0.2, 0.25) is 0 Å². The van der Waals surface area contributed by atoms with E-state index < -0.39 is 12.2 Å². The zero-order valence-electron chi connectivity index (χ0n) is 13.0. The molecule has 1 aliphatic carbocycles. The Bertz CT molecular complexity index is 695. The number of hydrogen-bond donors (Lipinski definition) is 2. The van der Waals surface area contributed by atoms with E-state index in [1.807, 2.05) is 31.2 Å². The second-order valence-corrected chi connectivity index (χ2v) is 7.03. The van der Waals surface area contributed by atoms with Crippen LogP contribution in [0.15, 0.2) is 36.4 Å². The van der Waals surface area contributed by atoms with Crippen molar-refractivity contribution < 1.29 is 10.2 Å². The summed E-state index contributed by atoms with van der Waals surface area (Å²) in [4.78, 5) is 0. The van der Waals surface area contributed by atoms with Crippen molar-refractivity contribution >= 4 is 0 Å². The van der Waals surface area contributed by atoms with Crippen LogP contribution in [0.25, 0.3) is 11.1 Å². The van der Waals surface area contributed by atoms with Crippen LogP contribution in [-0.2, 0) is 5.41 Å². The molecule has 0 amide bonds. The highest BCUT2D eigenvalue weighted by atomic mass is 16.3. The van der Waals surface area contributed by atoms with Gasteiger partial charge >= 0.3 is 0 Å². The van der Waals surface area contributed by atoms with Gasteiger partial charge in [-0.1, -0.05) is 62.7 Å². The number of rotatable bonds is 0. The van der Waals surface area contributed by atoms with Crippen molar-refractivity contribution in [2.45, 2.75) is 45.3 Å². The van der Waals surface area contributed by atoms with E-state index in [2.05, 4.69) is 32.9 Å². The SMILES string of the molecule is Cc1ccc2c(c1)C(O)C(O)c1cc(C(C)(C)C)ccc1-2. The van der Waals surface area contributed by atoms with Gasteiger partial charge in [0.15, 0.2) is 0 Å². The number of aliphatic hydroxyl groups is 2. The standard InChI is InChI=1S/C19H22O2/c1-11-5-7-13-14-8-6-12(19(2,3)4)10-16(14)18(21)17(20)15(13)9-11/h5-10,17-18,20-21H,1-4H3. The molecule has 0 radical (unpaired) electrons. The van der Waals surface area contributed by atoms with Crippen molar-refractivity contribution in [2.75, 3.05) is 0 Å². The van der Waals surface area contributed by atoms with Crippen LogP contribution in [0.4, 0.5) is 0 Å². The third-order valence-corrected chi connectivity index (χ3v) is 4.35. The highest BCUT2D eigenvalue weighted by Crippen LogP contribution is 2.45. The Morgan fingerprint density at radius 3 is 1.90 bits per heavy atom. The second-order valence-electron chi connectivity index (χ2n) is 7.03. The van der Waals surface area contributed by atoms with Crippen molar-refractivity contribution in [1.82, 2.24) is 0 Å². The maximum absolute atomic E-state index is 10.5. The van der Waals surface area contributed by atoms with Gasteiger partial charge in [-0.05, 0) is 40.2 Å². The molecule has 0 saturated carbocycles. The quantitative estimate of drug-likeness (QED) is 0.765. The van der Waals surface area contributed by atoms with E-state index >= 15 is 0 Å². The Morgan fingerprint density at radius 1 is 0.810 bits per heavy atom. The predicted molar refractivity (Wildman–Crippen MR) is 85.2 cm³/mol. The molecule has 0 aliphatic heterocycles. The topological polar surface area (TPSA) is 40.5 Å². The molecule has 2 heteroatoms. The van der Waals surface area contributed by atoms with E-state index in [0.29, 0.717) is 0 Å². The maximum Gasteiger partial charge on any atom is 0.110 e. The van der Waals surface area contributed by atoms with Crippen molar-refractivity contribution in [1.29, 1.82) is 0 Å². The van der Waals surface area contributed by atoms with Crippen LogP contribution < -0.4 is 0 Å². The molecule has 2 aromatic carbocycles. The summed E-state index contributed by atoms with van der Waals surface area (Å²) >= 11 is 0. The summed E-state index contributed by atoms with van der Waals surface area (Å²) in [6.45, 7) is 8.45. The fraction of sp³-hybridized carbons (Fsp3) is 0.368. The van der Waals surface area contributed by atoms with Crippen molar-refractivity contribution in [2.24, 2.45) is 0 Å². The zero-order chi connectivity index (χ0) is 15.4. The van der Waals surface area contributed by atoms with Gasteiger partial charge in [-0.2, -0.15) is 0 Å². The number of benzene rings is 2. The van der Waals surface area contributed by atoms with Crippen LogP contribution in [0.1, 0.15) is 55.2 Å². The monoisotopic (exact) mass is 282 g/mol. The van der Waals surface area contributed by atoms with Crippen LogP contribution >= 0.6 is 0 Å². The van der Waals surface area contributed by atoms with E-state index in [0.717, 1.165) is 27.8 Å². The van der Waals surface area contributed by atoms with Crippen molar-refractivity contribution in [3.63, 3.8) is 0 Å². The Labute approximate surface area is 126 Å². The van der Waals surface area contributed by atoms with Gasteiger partial charge in [0.1, 0.15) is 12.2 Å². The van der Waals surface area contributed by atoms with Gasteiger partial charge < -0.3 is 10.2 Å². The Hall–Kier alpha value is -1.64. The van der Waals surface area contributed by atoms with Gasteiger partial charge in [0.05, 0.1) is 0 Å². The lowest BCUT2D eigenvalue weighted by molar-refractivity contribution is 0.0157. The normalized spacial score (nSPS) is 20.9. The highest BCUT2D eigenvalue weighted by Gasteiger charge is 2.32. The van der Waals surface area contributed by atoms with Crippen molar-refractivity contribution in [3.8, 4) is 11.1 Å². The molecule has 2 aromatic rings. The van der Waals surface area contributed by atoms with E-state index in [9.17, 15) is 10.2 Å². The number of aryl methyl sites for hydroxylation is 1. The number of fused-ring (bicyclic) bond motifs is 3. The smallest absolute Gasteiger partial charge is 0.110 e. The molecule has 0 saturated heterocycles. The summed E-state index contributed by atoms with van der Waals surface area (Å²) < 4.78 is 0. The summed E-state index contributed by atoms with van der Waals surface area (Å²) in [6, 6.07) is 12.3. The van der Waals surface area contributed by atoms with Gasteiger partial charge in [-0.15, -0.1) is 0 Å². The van der Waals surface area contributed by atoms with Crippen molar-refractivity contribution in [3.05, 3.63) is 58.7 Å². The lowest BCUT2D eigenvalue weighted by atomic mass is 9.78. The fourth-order valence-electron chi connectivity index (χ4n) is 3.03. The summed E-state index contributed by atoms with van der Waals surface area (Å²) in [5.41, 5.74) is 5.97. The Morgan fingerprint density at radius 2 is 1.33 bits per heavy atom. The fourth-order valence-corrected chi connectivity index (χ4v) is 3.03. The first-order chi connectivity index (χ1) is 9.79. The Balaban J connectivity index is 2.24. The molecule has 3 rings (SSSR count). The minimum Gasteiger partial charge on any atom is -0.385 e. The van der Waals surface area contributed by atoms with Crippen LogP contribution in [0.3, 0.4) is 0 Å². The first kappa shape index (κ1) is 14.3. The molecule has 21 heavy (non-hydrogen) atoms. The van der Waals surface area contributed by atoms with E-state index in [1.54, 1.807) is 0 Å². The lowest BCUT2D eigenvalue weighted by Crippen LogP contribution is -2.19. The van der Waals surface area contributed by atoms with Gasteiger partial charge in [-0.3, -0.25) is 0 Å². The van der Waals surface area contributed by atoms with Crippen LogP contribution in [0.5, 0.6) is 0 Å². The Kier molecular flexibility index (Phi) is 3.19. The van der Waals surface area contributed by atoms with Crippen LogP contribution in [-0.4, -0.2) is 10.2 Å². The van der Waals surface area contributed by atoms with E-state index in [-0.39, 0.29) is 5.41 Å². The molecule has 2 unspecified atom stereocenters. The first-order valence-electron chi connectivity index (χ1n) is 7.40. The van der Waals surface area contributed by atoms with Crippen LogP contribution in [0, 0.1) is 6.92 Å². The molecule has 2 N–H and O–H groups in total. The molecule has 2 nitrogen and oxygen atoms in total. The van der Waals surface area contributed by atoms with E-state index in [1.165, 1.54) is 5.56 Å². The molecular formula is C19H22O2. The summed E-state index contributed by atoms with van der Waals surface area (Å²) in [7, 11) is 0. The molecule has 0 fully saturated rings. The molecule has 0 heterocycles. The number of aliphatic hydroxyl groups excluding tert-OH is 2. The second kappa shape index (κ2) is 4.69. The molecule has 110 valence electrons. The average Bonchev–Trinajstić information content (AvgIpc) is 2.43. The minimum absolute atomic E-state index is 0.0211. The van der Waals surface area contributed by atoms with Gasteiger partial charge in [0, 0.05) is 0 Å². The molecular weight excluding hydrogens is 260 g/mol. The summed E-state index contributed by atoms with van der Waals surface area (Å²) in [6.07, 6.45) is -1.72. The molecule has 2 atom stereocenters.